The Bertz CT molecular complexity index is 863. The molecular formula is C16H11ClF2N2. The van der Waals surface area contributed by atoms with Gasteiger partial charge in [0.25, 0.3) is 0 Å². The molecule has 21 heavy (non-hydrogen) atoms. The van der Waals surface area contributed by atoms with E-state index in [2.05, 4.69) is 9.97 Å². The minimum atomic E-state index is -0.707. The molecule has 2 aromatic carbocycles. The maximum Gasteiger partial charge on any atom is 0.164 e. The molecule has 0 unspecified atom stereocenters. The monoisotopic (exact) mass is 304 g/mol. The van der Waals surface area contributed by atoms with Gasteiger partial charge in [-0.15, -0.1) is 0 Å². The topological polar surface area (TPSA) is 25.8 Å². The van der Waals surface area contributed by atoms with Crippen molar-refractivity contribution in [2.24, 2.45) is 0 Å². The van der Waals surface area contributed by atoms with Crippen LogP contribution in [0.4, 0.5) is 8.78 Å². The second kappa shape index (κ2) is 5.04. The minimum absolute atomic E-state index is 0.138. The van der Waals surface area contributed by atoms with Crippen molar-refractivity contribution >= 4 is 22.5 Å². The van der Waals surface area contributed by atoms with E-state index in [0.29, 0.717) is 11.1 Å². The van der Waals surface area contributed by atoms with E-state index in [1.54, 1.807) is 13.0 Å². The highest BCUT2D eigenvalue weighted by Gasteiger charge is 2.15. The summed E-state index contributed by atoms with van der Waals surface area (Å²) in [6, 6.07) is 7.75. The van der Waals surface area contributed by atoms with Crippen LogP contribution in [0.1, 0.15) is 11.1 Å². The molecule has 0 bridgehead atoms. The largest absolute Gasteiger partial charge is 0.228 e. The minimum Gasteiger partial charge on any atom is -0.228 e. The molecule has 5 heteroatoms. The fraction of sp³-hybridized carbons (Fsp3) is 0.125. The van der Waals surface area contributed by atoms with Crippen molar-refractivity contribution in [1.29, 1.82) is 0 Å². The maximum absolute atomic E-state index is 14.0. The lowest BCUT2D eigenvalue weighted by Crippen LogP contribution is -1.97. The summed E-state index contributed by atoms with van der Waals surface area (Å²) in [6.45, 7) is 3.46. The lowest BCUT2D eigenvalue weighted by atomic mass is 10.1. The molecule has 0 aliphatic heterocycles. The quantitative estimate of drug-likeness (QED) is 0.601. The van der Waals surface area contributed by atoms with Gasteiger partial charge in [-0.25, -0.2) is 18.7 Å². The molecule has 1 heterocycles. The van der Waals surface area contributed by atoms with Crippen LogP contribution in [0.5, 0.6) is 0 Å². The summed E-state index contributed by atoms with van der Waals surface area (Å²) >= 11 is 6.19. The van der Waals surface area contributed by atoms with Crippen LogP contribution >= 0.6 is 11.6 Å². The zero-order valence-electron chi connectivity index (χ0n) is 11.4. The van der Waals surface area contributed by atoms with E-state index >= 15 is 0 Å². The second-order valence-electron chi connectivity index (χ2n) is 4.89. The van der Waals surface area contributed by atoms with Crippen LogP contribution in [0, 0.1) is 25.5 Å². The summed E-state index contributed by atoms with van der Waals surface area (Å²) in [6.07, 6.45) is 0. The van der Waals surface area contributed by atoms with Crippen molar-refractivity contribution < 1.29 is 8.78 Å². The molecule has 3 aromatic rings. The maximum atomic E-state index is 14.0. The van der Waals surface area contributed by atoms with Gasteiger partial charge in [0.1, 0.15) is 16.8 Å². The molecule has 0 amide bonds. The summed E-state index contributed by atoms with van der Waals surface area (Å²) in [5, 5.41) is 0.997. The Kier molecular flexibility index (Phi) is 3.33. The number of nitrogens with zero attached hydrogens (tertiary/aromatic N) is 2. The van der Waals surface area contributed by atoms with E-state index in [4.69, 9.17) is 11.6 Å². The van der Waals surface area contributed by atoms with Crippen LogP contribution < -0.4 is 0 Å². The Morgan fingerprint density at radius 1 is 0.952 bits per heavy atom. The number of hydrogen-bond donors (Lipinski definition) is 0. The second-order valence-corrected chi connectivity index (χ2v) is 5.25. The van der Waals surface area contributed by atoms with Gasteiger partial charge in [-0.1, -0.05) is 23.7 Å². The van der Waals surface area contributed by atoms with Crippen molar-refractivity contribution in [2.75, 3.05) is 0 Å². The van der Waals surface area contributed by atoms with Crippen molar-refractivity contribution in [3.8, 4) is 11.4 Å². The predicted octanol–water partition coefficient (Wildman–Crippen LogP) is 4.85. The molecule has 0 saturated heterocycles. The number of hydrogen-bond acceptors (Lipinski definition) is 2. The fourth-order valence-corrected chi connectivity index (χ4v) is 2.58. The summed E-state index contributed by atoms with van der Waals surface area (Å²) in [4.78, 5) is 8.50. The van der Waals surface area contributed by atoms with E-state index in [1.165, 1.54) is 6.07 Å². The Labute approximate surface area is 125 Å². The summed E-state index contributed by atoms with van der Waals surface area (Å²) in [5.41, 5.74) is 2.04. The molecule has 2 nitrogen and oxygen atoms in total. The third-order valence-corrected chi connectivity index (χ3v) is 3.65. The number of fused-ring (bicyclic) bond motifs is 1. The molecule has 0 fully saturated rings. The van der Waals surface area contributed by atoms with Crippen LogP contribution in [-0.4, -0.2) is 9.97 Å². The molecular weight excluding hydrogens is 294 g/mol. The highest BCUT2D eigenvalue weighted by molar-refractivity contribution is 6.34. The zero-order chi connectivity index (χ0) is 15.1. The molecule has 0 radical (unpaired) electrons. The van der Waals surface area contributed by atoms with Gasteiger partial charge < -0.3 is 0 Å². The molecule has 0 aliphatic carbocycles. The number of rotatable bonds is 1. The van der Waals surface area contributed by atoms with Crippen molar-refractivity contribution in [2.45, 2.75) is 13.8 Å². The Balaban J connectivity index is 2.29. The van der Waals surface area contributed by atoms with Crippen LogP contribution in [0.25, 0.3) is 22.3 Å². The first-order valence-corrected chi connectivity index (χ1v) is 6.74. The van der Waals surface area contributed by atoms with Crippen molar-refractivity contribution in [3.63, 3.8) is 0 Å². The highest BCUT2D eigenvalue weighted by atomic mass is 35.5. The van der Waals surface area contributed by atoms with E-state index in [9.17, 15) is 8.78 Å². The van der Waals surface area contributed by atoms with Gasteiger partial charge in [-0.3, -0.25) is 0 Å². The standard InChI is InChI=1S/C16H11ClF2N2/c1-8-4-3-5-13-14(8)15(17)21-16(20-13)10-6-9(2)11(18)7-12(10)19/h3-7H,1-2H3. The molecule has 0 atom stereocenters. The fourth-order valence-electron chi connectivity index (χ4n) is 2.25. The van der Waals surface area contributed by atoms with Crippen LogP contribution in [0.3, 0.4) is 0 Å². The molecule has 0 saturated carbocycles. The lowest BCUT2D eigenvalue weighted by Gasteiger charge is -2.08. The number of halogens is 3. The van der Waals surface area contributed by atoms with Gasteiger partial charge in [0, 0.05) is 11.5 Å². The first kappa shape index (κ1) is 13.9. The van der Waals surface area contributed by atoms with Crippen LogP contribution in [0.15, 0.2) is 30.3 Å². The Hall–Kier alpha value is -2.07. The first-order valence-electron chi connectivity index (χ1n) is 6.36. The van der Waals surface area contributed by atoms with E-state index in [1.807, 2.05) is 19.1 Å². The Morgan fingerprint density at radius 3 is 2.48 bits per heavy atom. The first-order chi connectivity index (χ1) is 9.97. The average molecular weight is 305 g/mol. The normalized spacial score (nSPS) is 11.1. The molecule has 0 aliphatic rings. The zero-order valence-corrected chi connectivity index (χ0v) is 12.2. The predicted molar refractivity (Wildman–Crippen MR) is 79.4 cm³/mol. The van der Waals surface area contributed by atoms with Gasteiger partial charge in [0.05, 0.1) is 11.1 Å². The van der Waals surface area contributed by atoms with Crippen molar-refractivity contribution in [1.82, 2.24) is 9.97 Å². The molecule has 0 spiro atoms. The van der Waals surface area contributed by atoms with Gasteiger partial charge in [0.15, 0.2) is 5.82 Å². The Morgan fingerprint density at radius 2 is 1.71 bits per heavy atom. The lowest BCUT2D eigenvalue weighted by molar-refractivity contribution is 0.579. The van der Waals surface area contributed by atoms with Gasteiger partial charge in [0.2, 0.25) is 0 Å². The SMILES string of the molecule is Cc1cc(-c2nc(Cl)c3c(C)cccc3n2)c(F)cc1F. The van der Waals surface area contributed by atoms with Gasteiger partial charge in [-0.2, -0.15) is 0 Å². The van der Waals surface area contributed by atoms with Gasteiger partial charge in [-0.05, 0) is 37.1 Å². The van der Waals surface area contributed by atoms with E-state index in [0.717, 1.165) is 17.0 Å². The molecule has 106 valence electrons. The molecule has 1 aromatic heterocycles. The average Bonchev–Trinajstić information content (AvgIpc) is 2.42. The molecule has 3 rings (SSSR count). The van der Waals surface area contributed by atoms with E-state index in [-0.39, 0.29) is 16.5 Å². The van der Waals surface area contributed by atoms with Crippen LogP contribution in [0.2, 0.25) is 5.15 Å². The van der Waals surface area contributed by atoms with Crippen LogP contribution in [-0.2, 0) is 0 Å². The highest BCUT2D eigenvalue weighted by Crippen LogP contribution is 2.29. The van der Waals surface area contributed by atoms with Crippen molar-refractivity contribution in [3.05, 3.63) is 58.2 Å². The van der Waals surface area contributed by atoms with E-state index < -0.39 is 11.6 Å². The smallest absolute Gasteiger partial charge is 0.164 e. The summed E-state index contributed by atoms with van der Waals surface area (Å²) in [7, 11) is 0. The number of benzene rings is 2. The third-order valence-electron chi connectivity index (χ3n) is 3.38. The number of aryl methyl sites for hydroxylation is 2. The molecule has 0 N–H and O–H groups in total. The summed E-state index contributed by atoms with van der Waals surface area (Å²) < 4.78 is 27.3. The van der Waals surface area contributed by atoms with Gasteiger partial charge >= 0.3 is 0 Å². The number of aromatic nitrogens is 2. The third kappa shape index (κ3) is 2.36. The summed E-state index contributed by atoms with van der Waals surface area (Å²) in [5.74, 6) is -1.15.